The highest BCUT2D eigenvalue weighted by atomic mass is 32.2. The topological polar surface area (TPSA) is 63.2 Å². The molecule has 0 bridgehead atoms. The Morgan fingerprint density at radius 2 is 1.72 bits per heavy atom. The summed E-state index contributed by atoms with van der Waals surface area (Å²) in [7, 11) is -2.05. The normalized spacial score (nSPS) is 11.3. The lowest BCUT2D eigenvalue weighted by Gasteiger charge is -2.21. The van der Waals surface area contributed by atoms with Gasteiger partial charge in [-0.2, -0.15) is 0 Å². The number of hydrogen-bond acceptors (Lipinski definition) is 4. The second kappa shape index (κ2) is 7.91. The predicted octanol–water partition coefficient (Wildman–Crippen LogP) is 3.81. The first-order valence-electron chi connectivity index (χ1n) is 7.75. The monoisotopic (exact) mass is 366 g/mol. The average Bonchev–Trinajstić information content (AvgIpc) is 2.52. The van der Waals surface area contributed by atoms with Crippen LogP contribution in [0.5, 0.6) is 0 Å². The van der Waals surface area contributed by atoms with Crippen LogP contribution in [-0.4, -0.2) is 31.7 Å². The van der Waals surface area contributed by atoms with E-state index in [0.29, 0.717) is 12.1 Å². The first-order chi connectivity index (χ1) is 11.1. The fourth-order valence-corrected chi connectivity index (χ4v) is 2.83. The lowest BCUT2D eigenvalue weighted by molar-refractivity contribution is 0.599. The minimum absolute atomic E-state index is 0. The largest absolute Gasteiger partial charge is 0.358 e. The van der Waals surface area contributed by atoms with Gasteiger partial charge in [0.15, 0.2) is 0 Å². The number of rotatable bonds is 5. The van der Waals surface area contributed by atoms with Crippen LogP contribution in [0.1, 0.15) is 37.9 Å². The minimum atomic E-state index is -3.48. The smallest absolute Gasteiger partial charge is 0.239 e. The van der Waals surface area contributed by atoms with Gasteiger partial charge in [-0.05, 0) is 36.6 Å². The molecule has 2 aromatic rings. The maximum Gasteiger partial charge on any atom is 0.239 e. The number of anilines is 1. The Labute approximate surface area is 150 Å². The third-order valence-corrected chi connectivity index (χ3v) is 4.98. The molecule has 0 N–H and O–H groups in total. The molecule has 138 valence electrons. The molecule has 0 atom stereocenters. The zero-order chi connectivity index (χ0) is 18.1. The molecule has 25 heavy (non-hydrogen) atoms. The Hall–Kier alpha value is -2.02. The Morgan fingerprint density at radius 3 is 2.16 bits per heavy atom. The van der Waals surface area contributed by atoms with Crippen molar-refractivity contribution in [3.05, 3.63) is 48.8 Å². The van der Waals surface area contributed by atoms with Crippen LogP contribution in [0.4, 0.5) is 10.3 Å². The van der Waals surface area contributed by atoms with Gasteiger partial charge in [-0.3, -0.25) is 0 Å². The van der Waals surface area contributed by atoms with E-state index in [2.05, 4.69) is 9.97 Å². The van der Waals surface area contributed by atoms with Gasteiger partial charge in [0, 0.05) is 18.2 Å². The second-order valence-corrected chi connectivity index (χ2v) is 8.00. The highest BCUT2D eigenvalue weighted by molar-refractivity contribution is 7.92. The van der Waals surface area contributed by atoms with Gasteiger partial charge < -0.3 is 7.43 Å². The molecule has 0 radical (unpaired) electrons. The number of aromatic nitrogens is 2. The van der Waals surface area contributed by atoms with Gasteiger partial charge in [0.05, 0.1) is 17.6 Å². The molecular weight excluding hydrogens is 341 g/mol. The summed E-state index contributed by atoms with van der Waals surface area (Å²) in [5.74, 6) is -0.102. The van der Waals surface area contributed by atoms with Crippen LogP contribution < -0.4 is 4.31 Å². The molecule has 1 aromatic carbocycles. The third kappa shape index (κ3) is 4.54. The SMILES string of the molecule is CCc1c(-c2ccc(F)cc2)nc(N(C)S(C)(=O)=O)nc1C(C)C.[CH3-]. The average molecular weight is 366 g/mol. The third-order valence-electron chi connectivity index (χ3n) is 3.82. The molecule has 0 fully saturated rings. The van der Waals surface area contributed by atoms with Gasteiger partial charge in [0.25, 0.3) is 0 Å². The number of nitrogens with zero attached hydrogens (tertiary/aromatic N) is 3. The van der Waals surface area contributed by atoms with Crippen molar-refractivity contribution in [3.8, 4) is 11.3 Å². The van der Waals surface area contributed by atoms with E-state index in [1.54, 1.807) is 12.1 Å². The molecule has 0 spiro atoms. The Kier molecular flexibility index (Phi) is 6.65. The molecule has 7 heteroatoms. The van der Waals surface area contributed by atoms with Gasteiger partial charge >= 0.3 is 0 Å². The van der Waals surface area contributed by atoms with E-state index < -0.39 is 10.0 Å². The zero-order valence-corrected chi connectivity index (χ0v) is 16.4. The summed E-state index contributed by atoms with van der Waals surface area (Å²) in [6.07, 6.45) is 1.81. The Bertz CT molecular complexity index is 834. The fourth-order valence-electron chi connectivity index (χ4n) is 2.45. The molecule has 0 unspecified atom stereocenters. The number of hydrogen-bond donors (Lipinski definition) is 0. The quantitative estimate of drug-likeness (QED) is 0.755. The molecule has 0 aliphatic carbocycles. The lowest BCUT2D eigenvalue weighted by Crippen LogP contribution is -2.27. The maximum atomic E-state index is 13.2. The summed E-state index contributed by atoms with van der Waals surface area (Å²) in [5, 5.41) is 0. The van der Waals surface area contributed by atoms with Gasteiger partial charge in [0.2, 0.25) is 16.0 Å². The van der Waals surface area contributed by atoms with Crippen LogP contribution in [0.15, 0.2) is 24.3 Å². The highest BCUT2D eigenvalue weighted by Crippen LogP contribution is 2.30. The summed E-state index contributed by atoms with van der Waals surface area (Å²) in [5.41, 5.74) is 3.13. The van der Waals surface area contributed by atoms with Crippen LogP contribution in [0.3, 0.4) is 0 Å². The molecule has 0 aliphatic rings. The van der Waals surface area contributed by atoms with E-state index in [1.807, 2.05) is 20.8 Å². The highest BCUT2D eigenvalue weighted by Gasteiger charge is 2.22. The van der Waals surface area contributed by atoms with E-state index in [1.165, 1.54) is 19.2 Å². The van der Waals surface area contributed by atoms with Gasteiger partial charge in [-0.15, -0.1) is 0 Å². The molecule has 0 aliphatic heterocycles. The molecule has 0 saturated heterocycles. The van der Waals surface area contributed by atoms with Crippen molar-refractivity contribution in [2.24, 2.45) is 0 Å². The predicted molar refractivity (Wildman–Crippen MR) is 101 cm³/mol. The molecular formula is C18H25FN3O2S-. The number of sulfonamides is 1. The molecule has 5 nitrogen and oxygen atoms in total. The fraction of sp³-hybridized carbons (Fsp3) is 0.389. The lowest BCUT2D eigenvalue weighted by atomic mass is 9.97. The van der Waals surface area contributed by atoms with E-state index in [-0.39, 0.29) is 25.1 Å². The van der Waals surface area contributed by atoms with Crippen molar-refractivity contribution in [3.63, 3.8) is 0 Å². The van der Waals surface area contributed by atoms with Crippen LogP contribution in [0, 0.1) is 13.2 Å². The van der Waals surface area contributed by atoms with Crippen LogP contribution in [0.2, 0.25) is 0 Å². The molecule has 0 saturated carbocycles. The van der Waals surface area contributed by atoms with Gasteiger partial charge in [0.1, 0.15) is 5.82 Å². The van der Waals surface area contributed by atoms with Crippen molar-refractivity contribution in [1.29, 1.82) is 0 Å². The molecule has 1 aromatic heterocycles. The van der Waals surface area contributed by atoms with E-state index in [4.69, 9.17) is 0 Å². The van der Waals surface area contributed by atoms with Crippen molar-refractivity contribution < 1.29 is 12.8 Å². The molecule has 0 amide bonds. The van der Waals surface area contributed by atoms with Gasteiger partial charge in [-0.25, -0.2) is 27.1 Å². The Morgan fingerprint density at radius 1 is 1.16 bits per heavy atom. The van der Waals surface area contributed by atoms with E-state index in [9.17, 15) is 12.8 Å². The Balaban J connectivity index is 0.00000312. The van der Waals surface area contributed by atoms with E-state index in [0.717, 1.165) is 27.4 Å². The van der Waals surface area contributed by atoms with Crippen molar-refractivity contribution in [2.45, 2.75) is 33.1 Å². The minimum Gasteiger partial charge on any atom is -0.358 e. The van der Waals surface area contributed by atoms with Crippen molar-refractivity contribution in [1.82, 2.24) is 9.97 Å². The van der Waals surface area contributed by atoms with Crippen molar-refractivity contribution in [2.75, 3.05) is 17.6 Å². The molecule has 1 heterocycles. The van der Waals surface area contributed by atoms with Gasteiger partial charge in [-0.1, -0.05) is 20.8 Å². The zero-order valence-electron chi connectivity index (χ0n) is 15.5. The first-order valence-corrected chi connectivity index (χ1v) is 9.60. The van der Waals surface area contributed by atoms with Crippen molar-refractivity contribution >= 4 is 16.0 Å². The summed E-state index contributed by atoms with van der Waals surface area (Å²) >= 11 is 0. The van der Waals surface area contributed by atoms with Crippen LogP contribution in [0.25, 0.3) is 11.3 Å². The number of halogens is 1. The number of benzene rings is 1. The summed E-state index contributed by atoms with van der Waals surface area (Å²) in [6, 6.07) is 6.02. The second-order valence-electron chi connectivity index (χ2n) is 5.98. The van der Waals surface area contributed by atoms with E-state index >= 15 is 0 Å². The standard InChI is InChI=1S/C17H22FN3O2S.CH3/c1-6-14-15(11(2)3)19-17(21(4)24(5,22)23)20-16(14)12-7-9-13(18)10-8-12;/h7-11H,6H2,1-5H3;1H3/q;-1. The maximum absolute atomic E-state index is 13.2. The van der Waals surface area contributed by atoms with Crippen LogP contribution >= 0.6 is 0 Å². The first kappa shape index (κ1) is 21.0. The molecule has 2 rings (SSSR count). The summed E-state index contributed by atoms with van der Waals surface area (Å²) in [6.45, 7) is 6.00. The summed E-state index contributed by atoms with van der Waals surface area (Å²) < 4.78 is 38.0. The summed E-state index contributed by atoms with van der Waals surface area (Å²) in [4.78, 5) is 8.94. The van der Waals surface area contributed by atoms with Crippen LogP contribution in [-0.2, 0) is 16.4 Å².